The van der Waals surface area contributed by atoms with Gasteiger partial charge in [-0.05, 0) is 44.4 Å². The minimum Gasteiger partial charge on any atom is -0.354 e. The predicted octanol–water partition coefficient (Wildman–Crippen LogP) is 3.35. The molecule has 0 atom stereocenters. The number of nitrogens with zero attached hydrogens (tertiary/aromatic N) is 5. The fourth-order valence-electron chi connectivity index (χ4n) is 4.07. The number of benzene rings is 1. The number of allylic oxidation sites excluding steroid dienone is 1. The first-order valence-electron chi connectivity index (χ1n) is 10.8. The number of aromatic nitrogens is 2. The number of carbonyl (C=O) groups is 1. The van der Waals surface area contributed by atoms with Gasteiger partial charge >= 0.3 is 0 Å². The molecule has 0 aliphatic carbocycles. The zero-order chi connectivity index (χ0) is 21.8. The first kappa shape index (κ1) is 20.7. The van der Waals surface area contributed by atoms with Crippen molar-refractivity contribution >= 4 is 28.8 Å². The van der Waals surface area contributed by atoms with Gasteiger partial charge in [0.25, 0.3) is 0 Å². The Kier molecular flexibility index (Phi) is 6.03. The maximum absolute atomic E-state index is 11.7. The van der Waals surface area contributed by atoms with E-state index in [9.17, 15) is 10.1 Å². The molecule has 31 heavy (non-hydrogen) atoms. The fraction of sp³-hybridized carbons (Fsp3) is 0.391. The van der Waals surface area contributed by atoms with Crippen LogP contribution in [-0.2, 0) is 4.79 Å². The van der Waals surface area contributed by atoms with E-state index in [0.717, 1.165) is 55.2 Å². The van der Waals surface area contributed by atoms with Crippen LogP contribution in [0.2, 0.25) is 0 Å². The van der Waals surface area contributed by atoms with Crippen LogP contribution in [0.25, 0.3) is 5.57 Å². The van der Waals surface area contributed by atoms with Crippen LogP contribution in [-0.4, -0.2) is 47.0 Å². The van der Waals surface area contributed by atoms with E-state index in [4.69, 9.17) is 0 Å². The summed E-state index contributed by atoms with van der Waals surface area (Å²) in [5, 5.41) is 16.6. The number of amides is 1. The first-order valence-corrected chi connectivity index (χ1v) is 10.8. The zero-order valence-corrected chi connectivity index (χ0v) is 18.0. The monoisotopic (exact) mass is 417 g/mol. The molecule has 1 fully saturated rings. The number of likely N-dealkylation sites (tertiary alicyclic amines) is 1. The van der Waals surface area contributed by atoms with Gasteiger partial charge in [0, 0.05) is 38.8 Å². The molecule has 3 heterocycles. The van der Waals surface area contributed by atoms with Crippen molar-refractivity contribution in [2.45, 2.75) is 33.1 Å². The molecule has 2 aromatic rings. The third kappa shape index (κ3) is 4.17. The molecule has 0 saturated carbocycles. The average Bonchev–Trinajstić information content (AvgIpc) is 3.36. The second-order valence-electron chi connectivity index (χ2n) is 7.71. The van der Waals surface area contributed by atoms with Crippen molar-refractivity contribution in [1.29, 1.82) is 5.26 Å². The lowest BCUT2D eigenvalue weighted by atomic mass is 10.1. The molecule has 160 valence electrons. The molecule has 2 N–H and O–H groups in total. The number of hydrogen-bond acceptors (Lipinski definition) is 7. The second-order valence-corrected chi connectivity index (χ2v) is 7.71. The summed E-state index contributed by atoms with van der Waals surface area (Å²) in [6.07, 6.45) is 4.18. The maximum atomic E-state index is 11.7. The van der Waals surface area contributed by atoms with E-state index in [2.05, 4.69) is 38.5 Å². The topological polar surface area (TPSA) is 97.2 Å². The Morgan fingerprint density at radius 1 is 1.35 bits per heavy atom. The number of hydrogen-bond donors (Lipinski definition) is 2. The fourth-order valence-corrected chi connectivity index (χ4v) is 4.07. The normalized spacial score (nSPS) is 16.7. The van der Waals surface area contributed by atoms with Gasteiger partial charge in [0.1, 0.15) is 17.5 Å². The summed E-state index contributed by atoms with van der Waals surface area (Å²) >= 11 is 0. The zero-order valence-electron chi connectivity index (χ0n) is 18.0. The number of nitrogens with one attached hydrogen (secondary N) is 2. The van der Waals surface area contributed by atoms with Gasteiger partial charge in [0.15, 0.2) is 0 Å². The van der Waals surface area contributed by atoms with Crippen LogP contribution in [0.5, 0.6) is 0 Å². The highest BCUT2D eigenvalue weighted by Crippen LogP contribution is 2.38. The van der Waals surface area contributed by atoms with Crippen LogP contribution >= 0.6 is 0 Å². The standard InChI is InChI=1S/C23H27N7O/c1-3-30-19-9-5-4-8-18(19)27-22(30)17(14-24)21-16(2)15-26-23(28-21)25-11-7-13-29-12-6-10-20(29)31/h4-5,8-9,15,27H,3,6-7,10-13H2,1-2H3,(H,25,26,28). The predicted molar refractivity (Wildman–Crippen MR) is 121 cm³/mol. The van der Waals surface area contributed by atoms with Gasteiger partial charge in [-0.1, -0.05) is 12.1 Å². The summed E-state index contributed by atoms with van der Waals surface area (Å²) in [6.45, 7) is 6.96. The van der Waals surface area contributed by atoms with Gasteiger partial charge in [-0.15, -0.1) is 0 Å². The second kappa shape index (κ2) is 9.04. The summed E-state index contributed by atoms with van der Waals surface area (Å²) < 4.78 is 0. The molecule has 2 aliphatic rings. The molecular weight excluding hydrogens is 390 g/mol. The number of fused-ring (bicyclic) bond motifs is 1. The van der Waals surface area contributed by atoms with Gasteiger partial charge in [0.05, 0.1) is 17.1 Å². The van der Waals surface area contributed by atoms with Gasteiger partial charge in [-0.25, -0.2) is 9.97 Å². The quantitative estimate of drug-likeness (QED) is 0.527. The summed E-state index contributed by atoms with van der Waals surface area (Å²) in [4.78, 5) is 24.8. The third-order valence-corrected chi connectivity index (χ3v) is 5.65. The van der Waals surface area contributed by atoms with E-state index in [1.54, 1.807) is 6.20 Å². The van der Waals surface area contributed by atoms with E-state index < -0.39 is 0 Å². The van der Waals surface area contributed by atoms with E-state index in [1.165, 1.54) is 0 Å². The Hall–Kier alpha value is -3.60. The Labute approximate surface area is 182 Å². The molecule has 4 rings (SSSR count). The minimum absolute atomic E-state index is 0.240. The number of anilines is 3. The van der Waals surface area contributed by atoms with Gasteiger partial charge in [-0.3, -0.25) is 4.79 Å². The summed E-state index contributed by atoms with van der Waals surface area (Å²) in [7, 11) is 0. The Morgan fingerprint density at radius 2 is 2.19 bits per heavy atom. The highest BCUT2D eigenvalue weighted by molar-refractivity contribution is 5.91. The summed E-state index contributed by atoms with van der Waals surface area (Å²) in [5.74, 6) is 1.47. The van der Waals surface area contributed by atoms with E-state index in [-0.39, 0.29) is 5.91 Å². The van der Waals surface area contributed by atoms with Crippen molar-refractivity contribution in [3.63, 3.8) is 0 Å². The van der Waals surface area contributed by atoms with Crippen molar-refractivity contribution in [1.82, 2.24) is 14.9 Å². The molecule has 2 aliphatic heterocycles. The number of rotatable bonds is 7. The van der Waals surface area contributed by atoms with Crippen LogP contribution in [0.15, 0.2) is 36.3 Å². The molecule has 1 aromatic carbocycles. The largest absolute Gasteiger partial charge is 0.354 e. The lowest BCUT2D eigenvalue weighted by Gasteiger charge is -2.19. The SMILES string of the molecule is CCN1C(=C(C#N)c2nc(NCCCN3CCCC3=O)ncc2C)Nc2ccccc21. The third-order valence-electron chi connectivity index (χ3n) is 5.65. The number of para-hydroxylation sites is 2. The Bertz CT molecular complexity index is 1060. The van der Waals surface area contributed by atoms with Crippen molar-refractivity contribution in [2.24, 2.45) is 0 Å². The Balaban J connectivity index is 1.52. The Morgan fingerprint density at radius 3 is 2.94 bits per heavy atom. The first-order chi connectivity index (χ1) is 15.1. The van der Waals surface area contributed by atoms with E-state index >= 15 is 0 Å². The lowest BCUT2D eigenvalue weighted by molar-refractivity contribution is -0.127. The van der Waals surface area contributed by atoms with E-state index in [0.29, 0.717) is 30.2 Å². The van der Waals surface area contributed by atoms with Crippen molar-refractivity contribution in [2.75, 3.05) is 41.7 Å². The van der Waals surface area contributed by atoms with Gasteiger partial charge in [0.2, 0.25) is 11.9 Å². The van der Waals surface area contributed by atoms with Crippen LogP contribution in [0.4, 0.5) is 17.3 Å². The lowest BCUT2D eigenvalue weighted by Crippen LogP contribution is -2.27. The van der Waals surface area contributed by atoms with Crippen LogP contribution < -0.4 is 15.5 Å². The minimum atomic E-state index is 0.240. The summed E-state index contributed by atoms with van der Waals surface area (Å²) in [6, 6.07) is 10.4. The molecule has 8 heteroatoms. The van der Waals surface area contributed by atoms with Crippen LogP contribution in [0, 0.1) is 18.3 Å². The number of nitriles is 1. The number of carbonyl (C=O) groups excluding carboxylic acids is 1. The van der Waals surface area contributed by atoms with Gasteiger partial charge < -0.3 is 20.4 Å². The smallest absolute Gasteiger partial charge is 0.223 e. The molecule has 0 radical (unpaired) electrons. The summed E-state index contributed by atoms with van der Waals surface area (Å²) in [5.41, 5.74) is 3.97. The molecule has 0 spiro atoms. The molecule has 1 amide bonds. The molecule has 1 saturated heterocycles. The van der Waals surface area contributed by atoms with Crippen molar-refractivity contribution in [3.8, 4) is 6.07 Å². The van der Waals surface area contributed by atoms with E-state index in [1.807, 2.05) is 36.1 Å². The van der Waals surface area contributed by atoms with Crippen LogP contribution in [0.1, 0.15) is 37.4 Å². The maximum Gasteiger partial charge on any atom is 0.223 e. The highest BCUT2D eigenvalue weighted by atomic mass is 16.2. The highest BCUT2D eigenvalue weighted by Gasteiger charge is 2.27. The van der Waals surface area contributed by atoms with Gasteiger partial charge in [-0.2, -0.15) is 5.26 Å². The molecule has 0 bridgehead atoms. The van der Waals surface area contributed by atoms with Crippen molar-refractivity contribution in [3.05, 3.63) is 47.5 Å². The van der Waals surface area contributed by atoms with Crippen LogP contribution in [0.3, 0.4) is 0 Å². The number of aryl methyl sites for hydroxylation is 1. The molecular formula is C23H27N7O. The molecule has 8 nitrogen and oxygen atoms in total. The molecule has 1 aromatic heterocycles. The average molecular weight is 418 g/mol. The molecule has 0 unspecified atom stereocenters. The van der Waals surface area contributed by atoms with Crippen molar-refractivity contribution < 1.29 is 4.79 Å².